The lowest BCUT2D eigenvalue weighted by atomic mass is 10.0. The molecule has 3 rings (SSSR count). The molecule has 0 aliphatic heterocycles. The minimum absolute atomic E-state index is 0.0538. The van der Waals surface area contributed by atoms with Crippen molar-refractivity contribution in [1.29, 1.82) is 0 Å². The number of allylic oxidation sites excluding steroid dienone is 1. The first-order valence-corrected chi connectivity index (χ1v) is 9.93. The number of methoxy groups -OCH3 is 2. The summed E-state index contributed by atoms with van der Waals surface area (Å²) >= 11 is 0. The quantitative estimate of drug-likeness (QED) is 0.178. The summed E-state index contributed by atoms with van der Waals surface area (Å²) in [5.74, 6) is 0.164. The topological polar surface area (TPSA) is 110 Å². The molecular formula is C25H23NO7. The number of hydrogen-bond donors (Lipinski definition) is 2. The van der Waals surface area contributed by atoms with Crippen LogP contribution in [0.15, 0.2) is 66.7 Å². The molecule has 0 amide bonds. The lowest BCUT2D eigenvalue weighted by Crippen LogP contribution is -2.99. The smallest absolute Gasteiger partial charge is 0.343 e. The van der Waals surface area contributed by atoms with Crippen LogP contribution in [0.2, 0.25) is 0 Å². The van der Waals surface area contributed by atoms with Crippen LogP contribution in [-0.4, -0.2) is 31.2 Å². The maximum absolute atomic E-state index is 12.9. The highest BCUT2D eigenvalue weighted by Crippen LogP contribution is 2.28. The van der Waals surface area contributed by atoms with Gasteiger partial charge in [0, 0.05) is 12.1 Å². The molecule has 0 heterocycles. The van der Waals surface area contributed by atoms with Crippen molar-refractivity contribution in [3.05, 3.63) is 94.2 Å². The van der Waals surface area contributed by atoms with Crippen molar-refractivity contribution in [3.8, 4) is 17.2 Å². The Bertz CT molecular complexity index is 1180. The molecule has 170 valence electrons. The molecule has 33 heavy (non-hydrogen) atoms. The minimum Gasteiger partial charge on any atom is -0.595 e. The molecule has 1 unspecified atom stereocenters. The summed E-state index contributed by atoms with van der Waals surface area (Å²) in [6, 6.07) is 15.5. The van der Waals surface area contributed by atoms with E-state index in [4.69, 9.17) is 19.4 Å². The maximum Gasteiger partial charge on any atom is 0.343 e. The second-order valence-corrected chi connectivity index (χ2v) is 7.08. The highest BCUT2D eigenvalue weighted by Gasteiger charge is 2.16. The summed E-state index contributed by atoms with van der Waals surface area (Å²) in [5.41, 5.74) is 1.99. The molecule has 0 aromatic heterocycles. The maximum atomic E-state index is 12.9. The van der Waals surface area contributed by atoms with Gasteiger partial charge in [0.2, 0.25) is 0 Å². The summed E-state index contributed by atoms with van der Waals surface area (Å²) in [7, 11) is 3.07. The van der Waals surface area contributed by atoms with Crippen molar-refractivity contribution in [2.45, 2.75) is 6.92 Å². The molecule has 3 aromatic rings. The van der Waals surface area contributed by atoms with Gasteiger partial charge in [-0.15, -0.1) is 0 Å². The number of carbonyl (C=O) groups excluding carboxylic acids is 2. The summed E-state index contributed by atoms with van der Waals surface area (Å²) < 4.78 is 15.9. The zero-order valence-electron chi connectivity index (χ0n) is 18.3. The highest BCUT2D eigenvalue weighted by molar-refractivity contribution is 6.09. The van der Waals surface area contributed by atoms with E-state index in [-0.39, 0.29) is 28.3 Å². The molecule has 2 N–H and O–H groups in total. The number of rotatable bonds is 8. The van der Waals surface area contributed by atoms with E-state index in [1.54, 1.807) is 42.5 Å². The van der Waals surface area contributed by atoms with Crippen LogP contribution in [0.1, 0.15) is 31.8 Å². The van der Waals surface area contributed by atoms with Crippen LogP contribution in [0.4, 0.5) is 5.69 Å². The van der Waals surface area contributed by atoms with Crippen LogP contribution >= 0.6 is 0 Å². The molecule has 0 aliphatic carbocycles. The fourth-order valence-corrected chi connectivity index (χ4v) is 3.05. The second kappa shape index (κ2) is 10.6. The molecule has 0 fully saturated rings. The fraction of sp³-hybridized carbons (Fsp3) is 0.120. The number of carbonyl (C=O) groups is 2. The standard InChI is InChI=1S/C25H23NO7/c1-16-4-12-22(33-25(28)18-7-9-19(10-8-18)26(29)30)20(14-16)21(27)11-5-17-6-13-23(31-2)24(15-17)32-3/h4-15,26,29H,1-3H3. The molecule has 1 atom stereocenters. The molecule has 0 spiro atoms. The Hall–Kier alpha value is -3.98. The van der Waals surface area contributed by atoms with E-state index in [1.165, 1.54) is 44.6 Å². The zero-order valence-corrected chi connectivity index (χ0v) is 18.3. The second-order valence-electron chi connectivity index (χ2n) is 7.08. The largest absolute Gasteiger partial charge is 0.595 e. The van der Waals surface area contributed by atoms with Crippen LogP contribution in [0.25, 0.3) is 6.08 Å². The monoisotopic (exact) mass is 449 g/mol. The summed E-state index contributed by atoms with van der Waals surface area (Å²) in [6.07, 6.45) is 3.01. The van der Waals surface area contributed by atoms with Crippen LogP contribution in [-0.2, 0) is 0 Å². The SMILES string of the molecule is COc1ccc(C=CC(=O)c2cc(C)ccc2OC(=O)c2ccc([NH+]([O-])O)cc2)cc1OC. The Kier molecular flexibility index (Phi) is 7.57. The number of ether oxygens (including phenoxy) is 3. The first-order chi connectivity index (χ1) is 15.8. The molecule has 0 saturated heterocycles. The Morgan fingerprint density at radius 3 is 2.21 bits per heavy atom. The molecule has 8 nitrogen and oxygen atoms in total. The third-order valence-electron chi connectivity index (χ3n) is 4.81. The van der Waals surface area contributed by atoms with E-state index >= 15 is 0 Å². The predicted molar refractivity (Wildman–Crippen MR) is 121 cm³/mol. The van der Waals surface area contributed by atoms with E-state index in [9.17, 15) is 14.8 Å². The number of hydrogen-bond acceptors (Lipinski definition) is 7. The molecule has 3 aromatic carbocycles. The van der Waals surface area contributed by atoms with E-state index in [0.29, 0.717) is 11.5 Å². The minimum atomic E-state index is -1.09. The normalized spacial score (nSPS) is 11.8. The van der Waals surface area contributed by atoms with E-state index < -0.39 is 11.2 Å². The Morgan fingerprint density at radius 2 is 1.58 bits per heavy atom. The third-order valence-corrected chi connectivity index (χ3v) is 4.81. The van der Waals surface area contributed by atoms with Gasteiger partial charge in [0.05, 0.1) is 25.3 Å². The highest BCUT2D eigenvalue weighted by atomic mass is 16.8. The Balaban J connectivity index is 1.82. The first-order valence-electron chi connectivity index (χ1n) is 9.93. The van der Waals surface area contributed by atoms with Gasteiger partial charge in [0.15, 0.2) is 23.0 Å². The number of aryl methyl sites for hydroxylation is 1. The van der Waals surface area contributed by atoms with Crippen molar-refractivity contribution < 1.29 is 34.2 Å². The van der Waals surface area contributed by atoms with Crippen molar-refractivity contribution in [2.75, 3.05) is 14.2 Å². The lowest BCUT2D eigenvalue weighted by molar-refractivity contribution is -0.991. The number of benzene rings is 3. The van der Waals surface area contributed by atoms with Crippen molar-refractivity contribution >= 4 is 23.5 Å². The van der Waals surface area contributed by atoms with Crippen molar-refractivity contribution in [1.82, 2.24) is 0 Å². The van der Waals surface area contributed by atoms with Gasteiger partial charge in [0.1, 0.15) is 5.75 Å². The number of quaternary nitrogens is 1. The summed E-state index contributed by atoms with van der Waals surface area (Å²) in [6.45, 7) is 1.82. The molecule has 8 heteroatoms. The van der Waals surface area contributed by atoms with Gasteiger partial charge in [-0.25, -0.2) is 10.0 Å². The molecule has 0 aliphatic rings. The van der Waals surface area contributed by atoms with E-state index in [1.807, 2.05) is 6.92 Å². The Morgan fingerprint density at radius 1 is 0.909 bits per heavy atom. The molecule has 0 bridgehead atoms. The average Bonchev–Trinajstić information content (AvgIpc) is 2.83. The van der Waals surface area contributed by atoms with Crippen molar-refractivity contribution in [2.24, 2.45) is 0 Å². The van der Waals surface area contributed by atoms with Crippen LogP contribution in [0.3, 0.4) is 0 Å². The fourth-order valence-electron chi connectivity index (χ4n) is 3.05. The lowest BCUT2D eigenvalue weighted by Gasteiger charge is -2.12. The van der Waals surface area contributed by atoms with E-state index in [0.717, 1.165) is 11.1 Å². The zero-order chi connectivity index (χ0) is 24.0. The predicted octanol–water partition coefficient (Wildman–Crippen LogP) is 3.53. The van der Waals surface area contributed by atoms with Gasteiger partial charge in [-0.3, -0.25) is 4.79 Å². The van der Waals surface area contributed by atoms with Crippen molar-refractivity contribution in [3.63, 3.8) is 0 Å². The van der Waals surface area contributed by atoms with Gasteiger partial charge in [-0.2, -0.15) is 5.23 Å². The Labute approximate surface area is 190 Å². The molecule has 0 saturated carbocycles. The number of nitrogens with one attached hydrogen (secondary N) is 1. The third kappa shape index (κ3) is 5.83. The first kappa shape index (κ1) is 23.7. The molecular weight excluding hydrogens is 426 g/mol. The van der Waals surface area contributed by atoms with Gasteiger partial charge in [-0.1, -0.05) is 23.8 Å². The van der Waals surface area contributed by atoms with Crippen LogP contribution in [0, 0.1) is 12.1 Å². The number of esters is 1. The van der Waals surface area contributed by atoms with Gasteiger partial charge >= 0.3 is 5.97 Å². The van der Waals surface area contributed by atoms with Gasteiger partial charge < -0.3 is 19.4 Å². The van der Waals surface area contributed by atoms with Gasteiger partial charge in [0.25, 0.3) is 0 Å². The van der Waals surface area contributed by atoms with E-state index in [2.05, 4.69) is 0 Å². The molecule has 0 radical (unpaired) electrons. The van der Waals surface area contributed by atoms with Crippen LogP contribution < -0.4 is 19.4 Å². The average molecular weight is 449 g/mol. The summed E-state index contributed by atoms with van der Waals surface area (Å²) in [4.78, 5) is 25.4. The van der Waals surface area contributed by atoms with Crippen LogP contribution in [0.5, 0.6) is 17.2 Å². The summed E-state index contributed by atoms with van der Waals surface area (Å²) in [5, 5.41) is 18.9. The number of ketones is 1. The van der Waals surface area contributed by atoms with Gasteiger partial charge in [-0.05, 0) is 55.0 Å².